The molecule has 1 aliphatic heterocycles. The number of benzene rings is 2. The van der Waals surface area contributed by atoms with Gasteiger partial charge < -0.3 is 5.32 Å². The normalized spacial score (nSPS) is 19.4. The maximum Gasteiger partial charge on any atom is 0.325 e. The van der Waals surface area contributed by atoms with E-state index in [1.807, 2.05) is 39.0 Å². The smallest absolute Gasteiger partial charge is 0.319 e. The first kappa shape index (κ1) is 19.3. The van der Waals surface area contributed by atoms with Crippen molar-refractivity contribution in [3.8, 4) is 0 Å². The molecule has 1 heterocycles. The largest absolute Gasteiger partial charge is 0.325 e. The van der Waals surface area contributed by atoms with Crippen LogP contribution in [0.15, 0.2) is 40.9 Å². The van der Waals surface area contributed by atoms with E-state index in [0.29, 0.717) is 11.1 Å². The summed E-state index contributed by atoms with van der Waals surface area (Å²) in [6, 6.07) is 10.4. The Labute approximate surface area is 166 Å². The molecule has 1 saturated heterocycles. The summed E-state index contributed by atoms with van der Waals surface area (Å²) < 4.78 is 0.809. The molecule has 3 amide bonds. The van der Waals surface area contributed by atoms with Crippen LogP contribution in [-0.2, 0) is 10.3 Å². The van der Waals surface area contributed by atoms with Crippen LogP contribution in [0.3, 0.4) is 0 Å². The molecular formula is C21H21BrN2O3. The lowest BCUT2D eigenvalue weighted by atomic mass is 9.92. The number of aryl methyl sites for hydroxylation is 3. The molecule has 0 saturated carbocycles. The van der Waals surface area contributed by atoms with Crippen LogP contribution in [0.5, 0.6) is 0 Å². The first-order valence-electron chi connectivity index (χ1n) is 8.64. The van der Waals surface area contributed by atoms with Crippen molar-refractivity contribution in [1.82, 2.24) is 10.2 Å². The van der Waals surface area contributed by atoms with E-state index in [1.165, 1.54) is 0 Å². The molecular weight excluding hydrogens is 408 g/mol. The van der Waals surface area contributed by atoms with Gasteiger partial charge >= 0.3 is 6.03 Å². The minimum Gasteiger partial charge on any atom is -0.319 e. The van der Waals surface area contributed by atoms with Gasteiger partial charge in [-0.1, -0.05) is 34.1 Å². The van der Waals surface area contributed by atoms with Gasteiger partial charge in [-0.05, 0) is 68.1 Å². The molecule has 1 atom stereocenters. The number of carbonyl (C=O) groups is 3. The lowest BCUT2D eigenvalue weighted by Gasteiger charge is -2.22. The molecule has 140 valence electrons. The van der Waals surface area contributed by atoms with Crippen molar-refractivity contribution < 1.29 is 14.4 Å². The SMILES string of the molecule is Cc1cc(C)c(C(=O)CN2C(=O)NC(C)(c3cccc(Br)c3)C2=O)cc1C. The minimum atomic E-state index is -1.20. The highest BCUT2D eigenvalue weighted by Crippen LogP contribution is 2.30. The van der Waals surface area contributed by atoms with E-state index in [-0.39, 0.29) is 12.3 Å². The number of hydrogen-bond acceptors (Lipinski definition) is 3. The predicted molar refractivity (Wildman–Crippen MR) is 107 cm³/mol. The maximum absolute atomic E-state index is 13.0. The molecule has 1 unspecified atom stereocenters. The highest BCUT2D eigenvalue weighted by atomic mass is 79.9. The Morgan fingerprint density at radius 2 is 1.74 bits per heavy atom. The number of hydrogen-bond donors (Lipinski definition) is 1. The fraction of sp³-hybridized carbons (Fsp3) is 0.286. The van der Waals surface area contributed by atoms with Crippen LogP contribution in [0, 0.1) is 20.8 Å². The molecule has 0 aliphatic carbocycles. The van der Waals surface area contributed by atoms with Crippen LogP contribution in [0.4, 0.5) is 4.79 Å². The molecule has 1 aliphatic rings. The number of carbonyl (C=O) groups excluding carboxylic acids is 3. The van der Waals surface area contributed by atoms with Crippen LogP contribution < -0.4 is 5.32 Å². The van der Waals surface area contributed by atoms with Crippen LogP contribution in [0.1, 0.15) is 39.5 Å². The summed E-state index contributed by atoms with van der Waals surface area (Å²) in [6.07, 6.45) is 0. The summed E-state index contributed by atoms with van der Waals surface area (Å²) in [7, 11) is 0. The number of imide groups is 1. The summed E-state index contributed by atoms with van der Waals surface area (Å²) in [5, 5.41) is 2.73. The van der Waals surface area contributed by atoms with E-state index >= 15 is 0 Å². The first-order valence-corrected chi connectivity index (χ1v) is 9.44. The van der Waals surface area contributed by atoms with Crippen molar-refractivity contribution in [2.75, 3.05) is 6.54 Å². The Morgan fingerprint density at radius 3 is 2.41 bits per heavy atom. The van der Waals surface area contributed by atoms with E-state index in [0.717, 1.165) is 26.1 Å². The molecule has 5 nitrogen and oxygen atoms in total. The lowest BCUT2D eigenvalue weighted by molar-refractivity contribution is -0.130. The van der Waals surface area contributed by atoms with E-state index in [1.54, 1.807) is 25.1 Å². The van der Waals surface area contributed by atoms with Crippen molar-refractivity contribution in [3.05, 3.63) is 68.7 Å². The molecule has 2 aromatic rings. The highest BCUT2D eigenvalue weighted by molar-refractivity contribution is 9.10. The van der Waals surface area contributed by atoms with Gasteiger partial charge in [-0.15, -0.1) is 0 Å². The van der Waals surface area contributed by atoms with Gasteiger partial charge in [-0.25, -0.2) is 4.79 Å². The highest BCUT2D eigenvalue weighted by Gasteiger charge is 2.49. The lowest BCUT2D eigenvalue weighted by Crippen LogP contribution is -2.41. The number of amides is 3. The maximum atomic E-state index is 13.0. The molecule has 2 aromatic carbocycles. The third-order valence-corrected chi connectivity index (χ3v) is 5.61. The monoisotopic (exact) mass is 428 g/mol. The molecule has 3 rings (SSSR count). The second-order valence-electron chi connectivity index (χ2n) is 7.13. The number of rotatable bonds is 4. The van der Waals surface area contributed by atoms with E-state index in [4.69, 9.17) is 0 Å². The predicted octanol–water partition coefficient (Wildman–Crippen LogP) is 4.02. The van der Waals surface area contributed by atoms with Crippen molar-refractivity contribution in [3.63, 3.8) is 0 Å². The number of ketones is 1. The molecule has 0 spiro atoms. The van der Waals surface area contributed by atoms with Gasteiger partial charge in [0.15, 0.2) is 5.78 Å². The number of halogens is 1. The van der Waals surface area contributed by atoms with Crippen molar-refractivity contribution in [2.24, 2.45) is 0 Å². The van der Waals surface area contributed by atoms with Gasteiger partial charge in [-0.3, -0.25) is 14.5 Å². The summed E-state index contributed by atoms with van der Waals surface area (Å²) in [5.74, 6) is -0.682. The summed E-state index contributed by atoms with van der Waals surface area (Å²) in [5.41, 5.74) is 2.94. The molecule has 0 bridgehead atoms. The van der Waals surface area contributed by atoms with Crippen molar-refractivity contribution >= 4 is 33.7 Å². The van der Waals surface area contributed by atoms with Gasteiger partial charge in [0.25, 0.3) is 5.91 Å². The van der Waals surface area contributed by atoms with Gasteiger partial charge in [-0.2, -0.15) is 0 Å². The van der Waals surface area contributed by atoms with Crippen LogP contribution in [0.2, 0.25) is 0 Å². The molecule has 1 fully saturated rings. The number of Topliss-reactive ketones (excluding diaryl/α,β-unsaturated/α-hetero) is 1. The molecule has 0 radical (unpaired) electrons. The van der Waals surface area contributed by atoms with Gasteiger partial charge in [0, 0.05) is 10.0 Å². The third-order valence-electron chi connectivity index (χ3n) is 5.12. The van der Waals surface area contributed by atoms with E-state index in [9.17, 15) is 14.4 Å². The van der Waals surface area contributed by atoms with Crippen LogP contribution >= 0.6 is 15.9 Å². The Hall–Kier alpha value is -2.47. The fourth-order valence-electron chi connectivity index (χ4n) is 3.33. The molecule has 1 N–H and O–H groups in total. The van der Waals surface area contributed by atoms with Gasteiger partial charge in [0.1, 0.15) is 5.54 Å². The van der Waals surface area contributed by atoms with Crippen LogP contribution in [0.25, 0.3) is 0 Å². The standard InChI is InChI=1S/C21H21BrN2O3/c1-12-8-14(3)17(9-13(12)2)18(25)11-24-19(26)21(4,23-20(24)27)15-6-5-7-16(22)10-15/h5-10H,11H2,1-4H3,(H,23,27). The number of nitrogens with zero attached hydrogens (tertiary/aromatic N) is 1. The number of nitrogens with one attached hydrogen (secondary N) is 1. The van der Waals surface area contributed by atoms with E-state index < -0.39 is 17.5 Å². The summed E-state index contributed by atoms with van der Waals surface area (Å²) in [6.45, 7) is 7.15. The summed E-state index contributed by atoms with van der Waals surface area (Å²) >= 11 is 3.38. The molecule has 6 heteroatoms. The average Bonchev–Trinajstić information content (AvgIpc) is 2.82. The first-order chi connectivity index (χ1) is 12.6. The Morgan fingerprint density at radius 1 is 1.07 bits per heavy atom. The third kappa shape index (κ3) is 3.41. The van der Waals surface area contributed by atoms with Crippen molar-refractivity contribution in [2.45, 2.75) is 33.2 Å². The minimum absolute atomic E-state index is 0.252. The second kappa shape index (κ2) is 6.93. The quantitative estimate of drug-likeness (QED) is 0.590. The van der Waals surface area contributed by atoms with Gasteiger partial charge in [0.2, 0.25) is 0 Å². The zero-order valence-corrected chi connectivity index (χ0v) is 17.3. The van der Waals surface area contributed by atoms with Gasteiger partial charge in [0.05, 0.1) is 6.54 Å². The zero-order chi connectivity index (χ0) is 19.9. The second-order valence-corrected chi connectivity index (χ2v) is 8.05. The van der Waals surface area contributed by atoms with E-state index in [2.05, 4.69) is 21.2 Å². The van der Waals surface area contributed by atoms with Crippen molar-refractivity contribution in [1.29, 1.82) is 0 Å². The molecule has 0 aromatic heterocycles. The Balaban J connectivity index is 1.88. The van der Waals surface area contributed by atoms with Crippen LogP contribution in [-0.4, -0.2) is 29.2 Å². The average molecular weight is 429 g/mol. The Bertz CT molecular complexity index is 970. The molecule has 27 heavy (non-hydrogen) atoms. The zero-order valence-electron chi connectivity index (χ0n) is 15.7. The Kier molecular flexibility index (Phi) is 4.95. The summed E-state index contributed by atoms with van der Waals surface area (Å²) in [4.78, 5) is 39.3. The topological polar surface area (TPSA) is 66.5 Å². The fourth-order valence-corrected chi connectivity index (χ4v) is 3.72. The number of urea groups is 1.